The second-order valence-corrected chi connectivity index (χ2v) is 6.33. The number of nitrogens with one attached hydrogen (secondary N) is 1. The van der Waals surface area contributed by atoms with Gasteiger partial charge in [-0.2, -0.15) is 0 Å². The van der Waals surface area contributed by atoms with Gasteiger partial charge < -0.3 is 10.5 Å². The van der Waals surface area contributed by atoms with Crippen molar-refractivity contribution in [2.45, 2.75) is 29.9 Å². The van der Waals surface area contributed by atoms with Gasteiger partial charge in [0.1, 0.15) is 0 Å². The maximum Gasteiger partial charge on any atom is 0.242 e. The molecule has 20 heavy (non-hydrogen) atoms. The Bertz CT molecular complexity index is 625. The summed E-state index contributed by atoms with van der Waals surface area (Å²) in [5.41, 5.74) is 5.79. The SMILES string of the molecule is COC1CC(NS(=O)(=O)c2ccccc2C#CCN)C1. The Balaban J connectivity index is 2.17. The Hall–Kier alpha value is -1.39. The number of sulfonamides is 1. The van der Waals surface area contributed by atoms with Crippen LogP contribution < -0.4 is 10.5 Å². The number of hydrogen-bond donors (Lipinski definition) is 2. The highest BCUT2D eigenvalue weighted by Gasteiger charge is 2.33. The Morgan fingerprint density at radius 2 is 2.10 bits per heavy atom. The minimum absolute atomic E-state index is 0.0690. The molecule has 108 valence electrons. The summed E-state index contributed by atoms with van der Waals surface area (Å²) in [5, 5.41) is 0. The van der Waals surface area contributed by atoms with E-state index in [1.54, 1.807) is 31.4 Å². The molecule has 0 aromatic heterocycles. The molecule has 1 aromatic rings. The molecule has 1 fully saturated rings. The van der Waals surface area contributed by atoms with Crippen LogP contribution in [0.1, 0.15) is 18.4 Å². The predicted molar refractivity (Wildman–Crippen MR) is 76.5 cm³/mol. The van der Waals surface area contributed by atoms with Gasteiger partial charge in [-0.05, 0) is 25.0 Å². The van der Waals surface area contributed by atoms with Crippen LogP contribution in [-0.4, -0.2) is 34.2 Å². The molecular weight excluding hydrogens is 276 g/mol. The number of methoxy groups -OCH3 is 1. The monoisotopic (exact) mass is 294 g/mol. The van der Waals surface area contributed by atoms with Gasteiger partial charge in [0.2, 0.25) is 10.0 Å². The van der Waals surface area contributed by atoms with Crippen LogP contribution in [0, 0.1) is 11.8 Å². The Morgan fingerprint density at radius 3 is 2.75 bits per heavy atom. The predicted octanol–water partition coefficient (Wildman–Crippen LogP) is 0.453. The average Bonchev–Trinajstić information content (AvgIpc) is 2.40. The number of hydrogen-bond acceptors (Lipinski definition) is 4. The summed E-state index contributed by atoms with van der Waals surface area (Å²) in [4.78, 5) is 0.196. The maximum absolute atomic E-state index is 12.4. The lowest BCUT2D eigenvalue weighted by molar-refractivity contribution is 0.0236. The summed E-state index contributed by atoms with van der Waals surface area (Å²) >= 11 is 0. The summed E-state index contributed by atoms with van der Waals surface area (Å²) < 4.78 is 32.6. The van der Waals surface area contributed by atoms with Crippen LogP contribution in [0.3, 0.4) is 0 Å². The smallest absolute Gasteiger partial charge is 0.242 e. The molecule has 1 saturated carbocycles. The van der Waals surface area contributed by atoms with E-state index in [9.17, 15) is 8.42 Å². The molecule has 1 aromatic carbocycles. The summed E-state index contributed by atoms with van der Waals surface area (Å²) in [5.74, 6) is 5.47. The molecule has 0 spiro atoms. The number of nitrogens with two attached hydrogens (primary N) is 1. The van der Waals surface area contributed by atoms with Crippen molar-refractivity contribution in [3.63, 3.8) is 0 Å². The fourth-order valence-electron chi connectivity index (χ4n) is 2.09. The standard InChI is InChI=1S/C14H18N2O3S/c1-19-13-9-12(10-13)16-20(17,18)14-7-3-2-5-11(14)6-4-8-15/h2-3,5,7,12-13,16H,8-10,15H2,1H3. The minimum Gasteiger partial charge on any atom is -0.381 e. The normalized spacial score (nSPS) is 21.7. The molecule has 0 heterocycles. The van der Waals surface area contributed by atoms with Gasteiger partial charge in [0.15, 0.2) is 0 Å². The summed E-state index contributed by atoms with van der Waals surface area (Å²) in [6.45, 7) is 0.194. The molecule has 0 atom stereocenters. The van der Waals surface area contributed by atoms with Crippen molar-refractivity contribution in [2.24, 2.45) is 5.73 Å². The molecule has 3 N–H and O–H groups in total. The molecule has 0 radical (unpaired) electrons. The third-order valence-corrected chi connectivity index (χ3v) is 4.83. The van der Waals surface area contributed by atoms with Crippen molar-refractivity contribution in [3.05, 3.63) is 29.8 Å². The molecule has 5 nitrogen and oxygen atoms in total. The van der Waals surface area contributed by atoms with Crippen LogP contribution in [-0.2, 0) is 14.8 Å². The zero-order chi connectivity index (χ0) is 14.6. The van der Waals surface area contributed by atoms with E-state index in [0.29, 0.717) is 18.4 Å². The van der Waals surface area contributed by atoms with E-state index in [1.165, 1.54) is 0 Å². The van der Waals surface area contributed by atoms with Crippen molar-refractivity contribution < 1.29 is 13.2 Å². The highest BCUT2D eigenvalue weighted by Crippen LogP contribution is 2.25. The minimum atomic E-state index is -3.56. The van der Waals surface area contributed by atoms with Crippen molar-refractivity contribution in [2.75, 3.05) is 13.7 Å². The summed E-state index contributed by atoms with van der Waals surface area (Å²) in [6, 6.07) is 6.59. The van der Waals surface area contributed by atoms with E-state index in [2.05, 4.69) is 16.6 Å². The molecule has 0 bridgehead atoms. The van der Waals surface area contributed by atoms with Crippen LogP contribution >= 0.6 is 0 Å². The van der Waals surface area contributed by atoms with E-state index < -0.39 is 10.0 Å². The summed E-state index contributed by atoms with van der Waals surface area (Å²) in [7, 11) is -1.93. The molecule has 0 unspecified atom stereocenters. The number of ether oxygens (including phenoxy) is 1. The lowest BCUT2D eigenvalue weighted by Crippen LogP contribution is -2.47. The third kappa shape index (κ3) is 3.38. The van der Waals surface area contributed by atoms with Crippen molar-refractivity contribution in [1.29, 1.82) is 0 Å². The quantitative estimate of drug-likeness (QED) is 0.790. The molecule has 0 aliphatic heterocycles. The highest BCUT2D eigenvalue weighted by molar-refractivity contribution is 7.89. The van der Waals surface area contributed by atoms with Crippen LogP contribution in [0.4, 0.5) is 0 Å². The topological polar surface area (TPSA) is 81.4 Å². The van der Waals surface area contributed by atoms with Gasteiger partial charge in [-0.1, -0.05) is 24.0 Å². The Labute approximate surface area is 119 Å². The molecule has 0 amide bonds. The second kappa shape index (κ2) is 6.37. The fourth-order valence-corrected chi connectivity index (χ4v) is 3.51. The Kier molecular flexibility index (Phi) is 4.78. The van der Waals surface area contributed by atoms with Gasteiger partial charge in [-0.25, -0.2) is 13.1 Å². The van der Waals surface area contributed by atoms with Crippen LogP contribution in [0.2, 0.25) is 0 Å². The van der Waals surface area contributed by atoms with Gasteiger partial charge in [0.25, 0.3) is 0 Å². The average molecular weight is 294 g/mol. The van der Waals surface area contributed by atoms with Gasteiger partial charge in [0.05, 0.1) is 17.5 Å². The van der Waals surface area contributed by atoms with Gasteiger partial charge in [0, 0.05) is 18.7 Å². The molecule has 0 saturated heterocycles. The molecular formula is C14H18N2O3S. The molecule has 6 heteroatoms. The van der Waals surface area contributed by atoms with Crippen LogP contribution in [0.15, 0.2) is 29.2 Å². The zero-order valence-electron chi connectivity index (χ0n) is 11.3. The van der Waals surface area contributed by atoms with E-state index in [-0.39, 0.29) is 23.6 Å². The van der Waals surface area contributed by atoms with Crippen molar-refractivity contribution in [3.8, 4) is 11.8 Å². The highest BCUT2D eigenvalue weighted by atomic mass is 32.2. The fraction of sp³-hybridized carbons (Fsp3) is 0.429. The van der Waals surface area contributed by atoms with E-state index in [0.717, 1.165) is 0 Å². The van der Waals surface area contributed by atoms with Gasteiger partial charge in [-0.3, -0.25) is 0 Å². The summed E-state index contributed by atoms with van der Waals surface area (Å²) in [6.07, 6.45) is 1.55. The zero-order valence-corrected chi connectivity index (χ0v) is 12.1. The van der Waals surface area contributed by atoms with E-state index in [1.807, 2.05) is 0 Å². The number of benzene rings is 1. The first-order valence-corrected chi connectivity index (χ1v) is 7.88. The van der Waals surface area contributed by atoms with Crippen LogP contribution in [0.25, 0.3) is 0 Å². The maximum atomic E-state index is 12.4. The number of rotatable bonds is 4. The first kappa shape index (κ1) is 15.0. The molecule has 2 rings (SSSR count). The third-order valence-electron chi connectivity index (χ3n) is 3.25. The molecule has 1 aliphatic carbocycles. The van der Waals surface area contributed by atoms with E-state index in [4.69, 9.17) is 10.5 Å². The Morgan fingerprint density at radius 1 is 1.40 bits per heavy atom. The largest absolute Gasteiger partial charge is 0.381 e. The van der Waals surface area contributed by atoms with Gasteiger partial charge in [-0.15, -0.1) is 0 Å². The lowest BCUT2D eigenvalue weighted by Gasteiger charge is -2.34. The van der Waals surface area contributed by atoms with E-state index >= 15 is 0 Å². The lowest BCUT2D eigenvalue weighted by atomic mass is 9.90. The van der Waals surface area contributed by atoms with Crippen LogP contribution in [0.5, 0.6) is 0 Å². The van der Waals surface area contributed by atoms with Crippen molar-refractivity contribution >= 4 is 10.0 Å². The first-order valence-electron chi connectivity index (χ1n) is 6.40. The molecule has 1 aliphatic rings. The van der Waals surface area contributed by atoms with Gasteiger partial charge >= 0.3 is 0 Å². The first-order chi connectivity index (χ1) is 9.56. The van der Waals surface area contributed by atoms with Crippen molar-refractivity contribution in [1.82, 2.24) is 4.72 Å². The second-order valence-electron chi connectivity index (χ2n) is 4.65.